The van der Waals surface area contributed by atoms with Crippen molar-refractivity contribution in [3.63, 3.8) is 0 Å². The number of anilines is 1. The lowest BCUT2D eigenvalue weighted by molar-refractivity contribution is 0.120. The van der Waals surface area contributed by atoms with Crippen LogP contribution in [0.2, 0.25) is 0 Å². The molecule has 4 rings (SSSR count). The van der Waals surface area contributed by atoms with E-state index >= 15 is 0 Å². The van der Waals surface area contributed by atoms with Crippen LogP contribution in [0.25, 0.3) is 5.65 Å². The quantitative estimate of drug-likeness (QED) is 0.922. The predicted molar refractivity (Wildman–Crippen MR) is 74.8 cm³/mol. The number of nitrogens with one attached hydrogen (secondary N) is 1. The molecule has 1 aliphatic heterocycles. The van der Waals surface area contributed by atoms with Gasteiger partial charge in [-0.3, -0.25) is 0 Å². The van der Waals surface area contributed by atoms with E-state index in [2.05, 4.69) is 20.6 Å². The van der Waals surface area contributed by atoms with Gasteiger partial charge in [-0.2, -0.15) is 4.52 Å². The van der Waals surface area contributed by atoms with Gasteiger partial charge < -0.3 is 10.1 Å². The molecule has 106 valence electrons. The minimum absolute atomic E-state index is 0.319. The van der Waals surface area contributed by atoms with E-state index in [1.807, 2.05) is 16.6 Å². The van der Waals surface area contributed by atoms with Gasteiger partial charge in [0.15, 0.2) is 11.5 Å². The van der Waals surface area contributed by atoms with Crippen molar-refractivity contribution in [1.29, 1.82) is 0 Å². The average Bonchev–Trinajstić information content (AvgIpc) is 3.04. The highest BCUT2D eigenvalue weighted by atomic mass is 16.5. The molecule has 1 saturated carbocycles. The summed E-state index contributed by atoms with van der Waals surface area (Å²) in [4.78, 5) is 0. The second-order valence-corrected chi connectivity index (χ2v) is 5.69. The fraction of sp³-hybridized carbons (Fsp3) is 0.643. The summed E-state index contributed by atoms with van der Waals surface area (Å²) in [6.45, 7) is 1.70. The van der Waals surface area contributed by atoms with Crippen molar-refractivity contribution in [3.05, 3.63) is 18.0 Å². The van der Waals surface area contributed by atoms with Crippen LogP contribution in [0.5, 0.6) is 0 Å². The van der Waals surface area contributed by atoms with E-state index in [1.165, 1.54) is 19.3 Å². The molecule has 2 aromatic heterocycles. The number of aromatic nitrogens is 4. The molecule has 1 N–H and O–H groups in total. The molecular weight excluding hydrogens is 254 g/mol. The minimum Gasteiger partial charge on any atom is -0.376 e. The molecule has 1 unspecified atom stereocenters. The molecule has 1 aliphatic carbocycles. The first-order valence-corrected chi connectivity index (χ1v) is 7.48. The van der Waals surface area contributed by atoms with Gasteiger partial charge >= 0.3 is 0 Å². The molecule has 0 aromatic carbocycles. The van der Waals surface area contributed by atoms with Crippen molar-refractivity contribution < 1.29 is 4.74 Å². The third kappa shape index (κ3) is 2.14. The third-order valence-electron chi connectivity index (χ3n) is 4.29. The summed E-state index contributed by atoms with van der Waals surface area (Å²) >= 11 is 0. The van der Waals surface area contributed by atoms with E-state index in [0.717, 1.165) is 43.3 Å². The summed E-state index contributed by atoms with van der Waals surface area (Å²) < 4.78 is 7.50. The highest BCUT2D eigenvalue weighted by Gasteiger charge is 2.25. The Morgan fingerprint density at radius 1 is 1.20 bits per heavy atom. The Bertz CT molecular complexity index is 601. The molecule has 6 nitrogen and oxygen atoms in total. The molecule has 0 amide bonds. The van der Waals surface area contributed by atoms with E-state index in [9.17, 15) is 0 Å². The highest BCUT2D eigenvalue weighted by molar-refractivity contribution is 5.44. The van der Waals surface area contributed by atoms with E-state index in [-0.39, 0.29) is 0 Å². The number of hydrogen-bond acceptors (Lipinski definition) is 5. The number of ether oxygens (including phenoxy) is 1. The molecular formula is C14H19N5O. The number of hydrogen-bond donors (Lipinski definition) is 1. The van der Waals surface area contributed by atoms with Crippen molar-refractivity contribution in [3.8, 4) is 0 Å². The largest absolute Gasteiger partial charge is 0.376 e. The molecule has 1 atom stereocenters. The van der Waals surface area contributed by atoms with Gasteiger partial charge in [-0.1, -0.05) is 6.42 Å². The summed E-state index contributed by atoms with van der Waals surface area (Å²) in [5.74, 6) is 2.41. The second kappa shape index (κ2) is 5.01. The molecule has 2 aromatic rings. The summed E-state index contributed by atoms with van der Waals surface area (Å²) in [6, 6.07) is 3.93. The van der Waals surface area contributed by atoms with Gasteiger partial charge in [0.2, 0.25) is 0 Å². The zero-order chi connectivity index (χ0) is 13.4. The van der Waals surface area contributed by atoms with E-state index in [4.69, 9.17) is 4.74 Å². The van der Waals surface area contributed by atoms with Crippen LogP contribution in [0.4, 0.5) is 5.82 Å². The van der Waals surface area contributed by atoms with Crippen molar-refractivity contribution in [1.82, 2.24) is 19.8 Å². The molecule has 3 heterocycles. The SMILES string of the molecule is c1cc2nnc(C3CCC3)n2nc1NCC1CCCO1. The smallest absolute Gasteiger partial charge is 0.178 e. The zero-order valence-electron chi connectivity index (χ0n) is 11.5. The molecule has 0 radical (unpaired) electrons. The van der Waals surface area contributed by atoms with Crippen LogP contribution < -0.4 is 5.32 Å². The Labute approximate surface area is 117 Å². The predicted octanol–water partition coefficient (Wildman–Crippen LogP) is 1.98. The lowest BCUT2D eigenvalue weighted by Crippen LogP contribution is -2.20. The van der Waals surface area contributed by atoms with Gasteiger partial charge in [0.25, 0.3) is 0 Å². The first-order chi connectivity index (χ1) is 9.90. The maximum absolute atomic E-state index is 5.61. The normalized spacial score (nSPS) is 23.1. The number of fused-ring (bicyclic) bond motifs is 1. The Kier molecular flexibility index (Phi) is 3.03. The maximum Gasteiger partial charge on any atom is 0.178 e. The Hall–Kier alpha value is -1.69. The van der Waals surface area contributed by atoms with E-state index in [0.29, 0.717) is 12.0 Å². The minimum atomic E-state index is 0.319. The van der Waals surface area contributed by atoms with E-state index in [1.54, 1.807) is 0 Å². The summed E-state index contributed by atoms with van der Waals surface area (Å²) in [7, 11) is 0. The van der Waals surface area contributed by atoms with Crippen molar-refractivity contribution in [2.24, 2.45) is 0 Å². The maximum atomic E-state index is 5.61. The van der Waals surface area contributed by atoms with Crippen molar-refractivity contribution in [2.75, 3.05) is 18.5 Å². The van der Waals surface area contributed by atoms with Crippen LogP contribution in [0.15, 0.2) is 12.1 Å². The molecule has 2 fully saturated rings. The first kappa shape index (κ1) is 12.1. The topological polar surface area (TPSA) is 64.3 Å². The summed E-state index contributed by atoms with van der Waals surface area (Å²) in [6.07, 6.45) is 6.31. The molecule has 1 saturated heterocycles. The lowest BCUT2D eigenvalue weighted by atomic mass is 9.85. The van der Waals surface area contributed by atoms with Gasteiger partial charge in [-0.25, -0.2) is 0 Å². The van der Waals surface area contributed by atoms with Crippen LogP contribution in [-0.4, -0.2) is 39.1 Å². The van der Waals surface area contributed by atoms with Gasteiger partial charge in [-0.05, 0) is 37.8 Å². The average molecular weight is 273 g/mol. The van der Waals surface area contributed by atoms with Crippen molar-refractivity contribution in [2.45, 2.75) is 44.1 Å². The number of nitrogens with zero attached hydrogens (tertiary/aromatic N) is 4. The van der Waals surface area contributed by atoms with Gasteiger partial charge in [-0.15, -0.1) is 15.3 Å². The zero-order valence-corrected chi connectivity index (χ0v) is 11.5. The molecule has 6 heteroatoms. The van der Waals surface area contributed by atoms with Crippen LogP contribution in [0, 0.1) is 0 Å². The van der Waals surface area contributed by atoms with E-state index < -0.39 is 0 Å². The second-order valence-electron chi connectivity index (χ2n) is 5.69. The number of rotatable bonds is 4. The van der Waals surface area contributed by atoms with Gasteiger partial charge in [0.1, 0.15) is 5.82 Å². The van der Waals surface area contributed by atoms with Crippen LogP contribution in [-0.2, 0) is 4.74 Å². The van der Waals surface area contributed by atoms with Crippen LogP contribution in [0.1, 0.15) is 43.8 Å². The molecule has 0 bridgehead atoms. The van der Waals surface area contributed by atoms with Crippen LogP contribution >= 0.6 is 0 Å². The Balaban J connectivity index is 1.53. The van der Waals surface area contributed by atoms with Crippen molar-refractivity contribution >= 4 is 11.5 Å². The van der Waals surface area contributed by atoms with Gasteiger partial charge in [0.05, 0.1) is 6.10 Å². The third-order valence-corrected chi connectivity index (χ3v) is 4.29. The van der Waals surface area contributed by atoms with Crippen LogP contribution in [0.3, 0.4) is 0 Å². The molecule has 20 heavy (non-hydrogen) atoms. The standard InChI is InChI=1S/C14H19N5O/c1-3-10(4-1)14-17-16-13-7-6-12(18-19(13)14)15-9-11-5-2-8-20-11/h6-7,10-11H,1-5,8-9H2,(H,15,18). The molecule has 2 aliphatic rings. The summed E-state index contributed by atoms with van der Waals surface area (Å²) in [5.41, 5.74) is 0.828. The summed E-state index contributed by atoms with van der Waals surface area (Å²) in [5, 5.41) is 16.5. The van der Waals surface area contributed by atoms with Gasteiger partial charge in [0, 0.05) is 19.1 Å². The highest BCUT2D eigenvalue weighted by Crippen LogP contribution is 2.35. The Morgan fingerprint density at radius 2 is 2.15 bits per heavy atom. The monoisotopic (exact) mass is 273 g/mol. The molecule has 0 spiro atoms. The lowest BCUT2D eigenvalue weighted by Gasteiger charge is -2.22. The Morgan fingerprint density at radius 3 is 2.90 bits per heavy atom. The fourth-order valence-corrected chi connectivity index (χ4v) is 2.84. The fourth-order valence-electron chi connectivity index (χ4n) is 2.84. The first-order valence-electron chi connectivity index (χ1n) is 7.48.